The summed E-state index contributed by atoms with van der Waals surface area (Å²) in [4.78, 5) is 24.5. The first-order chi connectivity index (χ1) is 35.5. The highest BCUT2D eigenvalue weighted by Crippen LogP contribution is 2.19. The molecule has 0 bridgehead atoms. The van der Waals surface area contributed by atoms with Gasteiger partial charge in [-0.1, -0.05) is 321 Å². The van der Waals surface area contributed by atoms with Crippen LogP contribution in [0.2, 0.25) is 0 Å². The second-order valence-electron chi connectivity index (χ2n) is 22.5. The fraction of sp³-hybridized carbons (Fsp3) is 0.909. The molecule has 0 aromatic rings. The first-order valence-electron chi connectivity index (χ1n) is 32.6. The van der Waals surface area contributed by atoms with Crippen molar-refractivity contribution in [2.75, 3.05) is 13.2 Å². The van der Waals surface area contributed by atoms with Gasteiger partial charge in [0.1, 0.15) is 0 Å². The maximum atomic E-state index is 12.4. The Hall–Kier alpha value is -1.66. The second-order valence-corrected chi connectivity index (χ2v) is 22.5. The smallest absolute Gasteiger partial charge is 0.305 e. The van der Waals surface area contributed by atoms with Crippen LogP contribution in [-0.4, -0.2) is 47.4 Å². The maximum Gasteiger partial charge on any atom is 0.305 e. The van der Waals surface area contributed by atoms with E-state index in [1.807, 2.05) is 0 Å². The standard InChI is InChI=1S/C66H127NO5/c1-3-5-7-9-11-13-15-36-40-44-48-52-56-60-66(71)72-61-57-53-49-45-41-38-35-33-31-29-27-25-23-21-19-17-16-18-20-22-24-26-28-30-32-34-37-39-43-47-51-55-59-65(70)67-63(62-68)64(69)58-54-50-46-42-14-12-10-8-6-4-2/h7,9,13,15,63-64,68-69H,3-6,8,10-12,14,16-62H2,1-2H3,(H,67,70)/b9-7-,15-13-. The highest BCUT2D eigenvalue weighted by molar-refractivity contribution is 5.76. The van der Waals surface area contributed by atoms with E-state index in [1.165, 1.54) is 276 Å². The van der Waals surface area contributed by atoms with Gasteiger partial charge in [0.25, 0.3) is 0 Å². The summed E-state index contributed by atoms with van der Waals surface area (Å²) in [5, 5.41) is 23.2. The Balaban J connectivity index is 3.29. The van der Waals surface area contributed by atoms with E-state index < -0.39 is 12.1 Å². The lowest BCUT2D eigenvalue weighted by Crippen LogP contribution is -2.45. The number of esters is 1. The van der Waals surface area contributed by atoms with Crippen molar-refractivity contribution in [3.8, 4) is 0 Å². The van der Waals surface area contributed by atoms with E-state index in [4.69, 9.17) is 4.74 Å². The van der Waals surface area contributed by atoms with Gasteiger partial charge in [0.05, 0.1) is 25.4 Å². The maximum absolute atomic E-state index is 12.4. The molecule has 2 unspecified atom stereocenters. The summed E-state index contributed by atoms with van der Waals surface area (Å²) in [6, 6.07) is -0.535. The van der Waals surface area contributed by atoms with E-state index in [9.17, 15) is 19.8 Å². The summed E-state index contributed by atoms with van der Waals surface area (Å²) in [6.45, 7) is 4.89. The molecule has 6 nitrogen and oxygen atoms in total. The summed E-state index contributed by atoms with van der Waals surface area (Å²) in [5.41, 5.74) is 0. The molecule has 6 heteroatoms. The zero-order valence-corrected chi connectivity index (χ0v) is 48.7. The molecule has 0 aromatic heterocycles. The van der Waals surface area contributed by atoms with Crippen LogP contribution in [0.1, 0.15) is 361 Å². The average Bonchev–Trinajstić information content (AvgIpc) is 3.38. The predicted octanol–water partition coefficient (Wildman–Crippen LogP) is 20.6. The lowest BCUT2D eigenvalue weighted by atomic mass is 10.0. The summed E-state index contributed by atoms with van der Waals surface area (Å²) in [7, 11) is 0. The fourth-order valence-corrected chi connectivity index (χ4v) is 10.3. The second kappa shape index (κ2) is 61.9. The van der Waals surface area contributed by atoms with E-state index in [2.05, 4.69) is 43.5 Å². The summed E-state index contributed by atoms with van der Waals surface area (Å²) < 4.78 is 5.47. The predicted molar refractivity (Wildman–Crippen MR) is 315 cm³/mol. The molecule has 3 N–H and O–H groups in total. The number of carbonyl (C=O) groups is 2. The van der Waals surface area contributed by atoms with Crippen LogP contribution in [-0.2, 0) is 14.3 Å². The molecule has 0 saturated carbocycles. The van der Waals surface area contributed by atoms with Gasteiger partial charge in [-0.25, -0.2) is 0 Å². The van der Waals surface area contributed by atoms with Gasteiger partial charge in [-0.3, -0.25) is 9.59 Å². The number of hydrogen-bond acceptors (Lipinski definition) is 5. The molecule has 2 atom stereocenters. The highest BCUT2D eigenvalue weighted by Gasteiger charge is 2.20. The van der Waals surface area contributed by atoms with E-state index >= 15 is 0 Å². The van der Waals surface area contributed by atoms with Gasteiger partial charge in [-0.15, -0.1) is 0 Å². The molecular formula is C66H127NO5. The Morgan fingerprint density at radius 3 is 1.11 bits per heavy atom. The van der Waals surface area contributed by atoms with Gasteiger partial charge in [-0.2, -0.15) is 0 Å². The van der Waals surface area contributed by atoms with Gasteiger partial charge < -0.3 is 20.3 Å². The van der Waals surface area contributed by atoms with Crippen LogP contribution in [0.5, 0.6) is 0 Å². The van der Waals surface area contributed by atoms with Crippen molar-refractivity contribution in [1.29, 1.82) is 0 Å². The first kappa shape index (κ1) is 70.3. The molecule has 0 aliphatic heterocycles. The molecule has 72 heavy (non-hydrogen) atoms. The van der Waals surface area contributed by atoms with E-state index in [0.29, 0.717) is 25.9 Å². The summed E-state index contributed by atoms with van der Waals surface area (Å²) in [5.74, 6) is -0.0247. The van der Waals surface area contributed by atoms with Crippen molar-refractivity contribution < 1.29 is 24.5 Å². The molecule has 0 spiro atoms. The third-order valence-corrected chi connectivity index (χ3v) is 15.2. The number of rotatable bonds is 61. The molecule has 0 aliphatic rings. The fourth-order valence-electron chi connectivity index (χ4n) is 10.3. The van der Waals surface area contributed by atoms with Crippen LogP contribution in [0, 0.1) is 0 Å². The number of nitrogens with one attached hydrogen (secondary N) is 1. The molecule has 0 fully saturated rings. The molecule has 0 rings (SSSR count). The number of amides is 1. The number of allylic oxidation sites excluding steroid dienone is 4. The van der Waals surface area contributed by atoms with Gasteiger partial charge in [0, 0.05) is 12.8 Å². The van der Waals surface area contributed by atoms with Crippen molar-refractivity contribution in [1.82, 2.24) is 5.32 Å². The first-order valence-corrected chi connectivity index (χ1v) is 32.6. The van der Waals surface area contributed by atoms with Crippen molar-refractivity contribution in [2.45, 2.75) is 373 Å². The van der Waals surface area contributed by atoms with Crippen LogP contribution >= 0.6 is 0 Å². The van der Waals surface area contributed by atoms with Gasteiger partial charge >= 0.3 is 5.97 Å². The minimum atomic E-state index is -0.658. The normalized spacial score (nSPS) is 12.7. The minimum absolute atomic E-state index is 0.00595. The number of hydrogen-bond donors (Lipinski definition) is 3. The number of ether oxygens (including phenoxy) is 1. The number of unbranched alkanes of at least 4 members (excludes halogenated alkanes) is 46. The minimum Gasteiger partial charge on any atom is -0.466 e. The van der Waals surface area contributed by atoms with Crippen molar-refractivity contribution in [2.24, 2.45) is 0 Å². The lowest BCUT2D eigenvalue weighted by Gasteiger charge is -2.22. The van der Waals surface area contributed by atoms with E-state index in [0.717, 1.165) is 51.4 Å². The molecule has 0 saturated heterocycles. The van der Waals surface area contributed by atoms with E-state index in [1.54, 1.807) is 0 Å². The number of carbonyl (C=O) groups excluding carboxylic acids is 2. The molecular weight excluding hydrogens is 887 g/mol. The average molecular weight is 1010 g/mol. The van der Waals surface area contributed by atoms with Crippen molar-refractivity contribution in [3.63, 3.8) is 0 Å². The van der Waals surface area contributed by atoms with Gasteiger partial charge in [-0.05, 0) is 51.4 Å². The SMILES string of the molecule is CCC/C=C\C/C=C\CCCCCCCC(=O)OCCCCCCCCCCCCCCCCCCCCCCCCCCCCCCCCCCC(=O)NC(CO)C(O)CCCCCCCCCCCC. The van der Waals surface area contributed by atoms with Crippen LogP contribution in [0.15, 0.2) is 24.3 Å². The third kappa shape index (κ3) is 57.6. The third-order valence-electron chi connectivity index (χ3n) is 15.2. The molecule has 0 aliphatic carbocycles. The quantitative estimate of drug-likeness (QED) is 0.0320. The Morgan fingerprint density at radius 2 is 0.722 bits per heavy atom. The van der Waals surface area contributed by atoms with Gasteiger partial charge in [0.15, 0.2) is 0 Å². The molecule has 426 valence electrons. The van der Waals surface area contributed by atoms with Gasteiger partial charge in [0.2, 0.25) is 5.91 Å². The van der Waals surface area contributed by atoms with Crippen molar-refractivity contribution >= 4 is 11.9 Å². The van der Waals surface area contributed by atoms with Crippen molar-refractivity contribution in [3.05, 3.63) is 24.3 Å². The Bertz CT molecular complexity index is 1120. The molecule has 0 radical (unpaired) electrons. The highest BCUT2D eigenvalue weighted by atomic mass is 16.5. The van der Waals surface area contributed by atoms with Crippen LogP contribution < -0.4 is 5.32 Å². The summed E-state index contributed by atoms with van der Waals surface area (Å²) >= 11 is 0. The van der Waals surface area contributed by atoms with Crippen LogP contribution in [0.3, 0.4) is 0 Å². The molecule has 1 amide bonds. The Kier molecular flexibility index (Phi) is 60.5. The monoisotopic (exact) mass is 1010 g/mol. The van der Waals surface area contributed by atoms with E-state index in [-0.39, 0.29) is 18.5 Å². The zero-order chi connectivity index (χ0) is 52.2. The Morgan fingerprint density at radius 1 is 0.389 bits per heavy atom. The topological polar surface area (TPSA) is 95.9 Å². The number of aliphatic hydroxyl groups excluding tert-OH is 2. The number of aliphatic hydroxyl groups is 2. The van der Waals surface area contributed by atoms with Crippen LogP contribution in [0.25, 0.3) is 0 Å². The van der Waals surface area contributed by atoms with Crippen LogP contribution in [0.4, 0.5) is 0 Å². The lowest BCUT2D eigenvalue weighted by molar-refractivity contribution is -0.143. The molecule has 0 aromatic carbocycles. The Labute approximate surface area is 450 Å². The largest absolute Gasteiger partial charge is 0.466 e. The molecule has 0 heterocycles. The summed E-state index contributed by atoms with van der Waals surface area (Å²) in [6.07, 6.45) is 76.6. The zero-order valence-electron chi connectivity index (χ0n) is 48.7.